The average Bonchev–Trinajstić information content (AvgIpc) is 2.26. The molecule has 0 saturated carbocycles. The summed E-state index contributed by atoms with van der Waals surface area (Å²) in [6.07, 6.45) is 0. The van der Waals surface area contributed by atoms with Crippen LogP contribution in [-0.4, -0.2) is 23.0 Å². The first-order valence-electron chi connectivity index (χ1n) is 5.72. The van der Waals surface area contributed by atoms with Crippen LogP contribution in [0.5, 0.6) is 0 Å². The molecule has 0 unspecified atom stereocenters. The lowest BCUT2D eigenvalue weighted by Gasteiger charge is -2.25. The Bertz CT molecular complexity index is 509. The molecule has 5 nitrogen and oxygen atoms in total. The van der Waals surface area contributed by atoms with Gasteiger partial charge in [-0.3, -0.25) is 4.79 Å². The number of benzene rings is 1. The third-order valence-corrected chi connectivity index (χ3v) is 2.68. The predicted octanol–water partition coefficient (Wildman–Crippen LogP) is 1.84. The van der Waals surface area contributed by atoms with Crippen molar-refractivity contribution in [3.8, 4) is 0 Å². The number of nitrogens with two attached hydrogens (primary N) is 1. The van der Waals surface area contributed by atoms with Gasteiger partial charge in [-0.2, -0.15) is 0 Å². The number of hydrogen-bond donors (Lipinski definition) is 3. The van der Waals surface area contributed by atoms with Gasteiger partial charge in [-0.1, -0.05) is 20.8 Å². The smallest absolute Gasteiger partial charge is 0.338 e. The summed E-state index contributed by atoms with van der Waals surface area (Å²) in [6, 6.07) is 2.61. The van der Waals surface area contributed by atoms with E-state index in [9.17, 15) is 14.0 Å². The van der Waals surface area contributed by atoms with Crippen LogP contribution in [0, 0.1) is 11.2 Å². The number of carbonyl (C=O) groups excluding carboxylic acids is 1. The molecule has 1 aromatic carbocycles. The maximum Gasteiger partial charge on any atom is 0.338 e. The third kappa shape index (κ3) is 3.75. The topological polar surface area (TPSA) is 92.4 Å². The second-order valence-electron chi connectivity index (χ2n) is 5.33. The second-order valence-corrected chi connectivity index (χ2v) is 5.33. The number of nitrogens with one attached hydrogen (secondary N) is 1. The van der Waals surface area contributed by atoms with Gasteiger partial charge >= 0.3 is 5.97 Å². The Morgan fingerprint density at radius 3 is 2.37 bits per heavy atom. The fourth-order valence-corrected chi connectivity index (χ4v) is 1.38. The first-order valence-corrected chi connectivity index (χ1v) is 5.72. The second kappa shape index (κ2) is 5.36. The fourth-order valence-electron chi connectivity index (χ4n) is 1.38. The normalized spacial score (nSPS) is 12.9. The van der Waals surface area contributed by atoms with Gasteiger partial charge in [0.2, 0.25) is 5.91 Å². The summed E-state index contributed by atoms with van der Waals surface area (Å²) in [6.45, 7) is 5.43. The summed E-state index contributed by atoms with van der Waals surface area (Å²) in [4.78, 5) is 22.5. The number of aromatic carboxylic acids is 1. The molecular weight excluding hydrogens is 251 g/mol. The highest BCUT2D eigenvalue weighted by Crippen LogP contribution is 2.20. The molecule has 1 aromatic rings. The Hall–Kier alpha value is -1.95. The van der Waals surface area contributed by atoms with Crippen molar-refractivity contribution in [3.63, 3.8) is 0 Å². The lowest BCUT2D eigenvalue weighted by Crippen LogP contribution is -2.45. The molecule has 6 heteroatoms. The Balaban J connectivity index is 2.87. The van der Waals surface area contributed by atoms with Gasteiger partial charge < -0.3 is 16.2 Å². The van der Waals surface area contributed by atoms with Crippen LogP contribution in [0.25, 0.3) is 0 Å². The number of carbonyl (C=O) groups is 2. The molecule has 0 fully saturated rings. The maximum atomic E-state index is 13.4. The van der Waals surface area contributed by atoms with Crippen molar-refractivity contribution in [3.05, 3.63) is 29.6 Å². The number of anilines is 1. The van der Waals surface area contributed by atoms with Crippen molar-refractivity contribution >= 4 is 17.6 Å². The zero-order valence-corrected chi connectivity index (χ0v) is 11.0. The molecule has 4 N–H and O–H groups in total. The number of amides is 1. The number of carboxylic acids is 1. The minimum Gasteiger partial charge on any atom is -0.478 e. The molecule has 1 rings (SSSR count). The molecule has 1 atom stereocenters. The Morgan fingerprint density at radius 2 is 1.95 bits per heavy atom. The molecule has 0 spiro atoms. The summed E-state index contributed by atoms with van der Waals surface area (Å²) in [5.74, 6) is -2.72. The van der Waals surface area contributed by atoms with Gasteiger partial charge in [0.15, 0.2) is 0 Å². The molecule has 0 heterocycles. The van der Waals surface area contributed by atoms with E-state index in [4.69, 9.17) is 10.8 Å². The number of halogens is 1. The molecular formula is C13H17FN2O3. The molecule has 0 saturated heterocycles. The van der Waals surface area contributed by atoms with E-state index in [0.29, 0.717) is 0 Å². The molecule has 0 aliphatic rings. The predicted molar refractivity (Wildman–Crippen MR) is 69.4 cm³/mol. The van der Waals surface area contributed by atoms with Gasteiger partial charge in [0.25, 0.3) is 0 Å². The van der Waals surface area contributed by atoms with Crippen LogP contribution in [-0.2, 0) is 4.79 Å². The standard InChI is InChI=1S/C13H17FN2O3/c1-13(2,3)10(15)11(17)16-7-4-5-8(12(18)19)9(14)6-7/h4-6,10H,15H2,1-3H3,(H,16,17)(H,18,19)/t10-/m1/s1. The van der Waals surface area contributed by atoms with Crippen LogP contribution in [0.2, 0.25) is 0 Å². The molecule has 19 heavy (non-hydrogen) atoms. The van der Waals surface area contributed by atoms with Gasteiger partial charge in [0, 0.05) is 5.69 Å². The van der Waals surface area contributed by atoms with E-state index >= 15 is 0 Å². The lowest BCUT2D eigenvalue weighted by molar-refractivity contribution is -0.119. The third-order valence-electron chi connectivity index (χ3n) is 2.68. The Morgan fingerprint density at radius 1 is 1.37 bits per heavy atom. The van der Waals surface area contributed by atoms with Crippen LogP contribution in [0.4, 0.5) is 10.1 Å². The van der Waals surface area contributed by atoms with Gasteiger partial charge in [-0.25, -0.2) is 9.18 Å². The van der Waals surface area contributed by atoms with Crippen molar-refractivity contribution in [1.29, 1.82) is 0 Å². The van der Waals surface area contributed by atoms with E-state index in [2.05, 4.69) is 5.32 Å². The van der Waals surface area contributed by atoms with Crippen LogP contribution in [0.3, 0.4) is 0 Å². The molecule has 0 bridgehead atoms. The summed E-state index contributed by atoms with van der Waals surface area (Å²) < 4.78 is 13.4. The van der Waals surface area contributed by atoms with Crippen molar-refractivity contribution in [2.24, 2.45) is 11.1 Å². The monoisotopic (exact) mass is 268 g/mol. The van der Waals surface area contributed by atoms with Crippen LogP contribution >= 0.6 is 0 Å². The van der Waals surface area contributed by atoms with Gasteiger partial charge in [-0.05, 0) is 23.6 Å². The SMILES string of the molecule is CC(C)(C)[C@H](N)C(=O)Nc1ccc(C(=O)O)c(F)c1. The molecule has 0 aliphatic carbocycles. The largest absolute Gasteiger partial charge is 0.478 e. The van der Waals surface area contributed by atoms with E-state index in [-0.39, 0.29) is 5.69 Å². The molecule has 104 valence electrons. The van der Waals surface area contributed by atoms with Crippen LogP contribution in [0.1, 0.15) is 31.1 Å². The van der Waals surface area contributed by atoms with Gasteiger partial charge in [0.05, 0.1) is 11.6 Å². The van der Waals surface area contributed by atoms with Crippen LogP contribution in [0.15, 0.2) is 18.2 Å². The molecule has 0 aromatic heterocycles. The van der Waals surface area contributed by atoms with Crippen LogP contribution < -0.4 is 11.1 Å². The number of carboxylic acid groups (broad SMARTS) is 1. The maximum absolute atomic E-state index is 13.4. The Kier molecular flexibility index (Phi) is 4.26. The first kappa shape index (κ1) is 15.1. The summed E-state index contributed by atoms with van der Waals surface area (Å²) in [5, 5.41) is 11.1. The van der Waals surface area contributed by atoms with E-state index in [1.165, 1.54) is 6.07 Å². The first-order chi connectivity index (χ1) is 8.62. The van der Waals surface area contributed by atoms with Gasteiger partial charge in [0.1, 0.15) is 5.82 Å². The zero-order valence-electron chi connectivity index (χ0n) is 11.0. The summed E-state index contributed by atoms with van der Waals surface area (Å²) in [7, 11) is 0. The van der Waals surface area contributed by atoms with Crippen molar-refractivity contribution in [2.45, 2.75) is 26.8 Å². The van der Waals surface area contributed by atoms with E-state index in [1.807, 2.05) is 20.8 Å². The quantitative estimate of drug-likeness (QED) is 0.779. The highest BCUT2D eigenvalue weighted by molar-refractivity contribution is 5.96. The fraction of sp³-hybridized carbons (Fsp3) is 0.385. The minimum atomic E-state index is -1.36. The number of hydrogen-bond acceptors (Lipinski definition) is 3. The average molecular weight is 268 g/mol. The van der Waals surface area contributed by atoms with Crippen molar-refractivity contribution < 1.29 is 19.1 Å². The highest BCUT2D eigenvalue weighted by Gasteiger charge is 2.27. The minimum absolute atomic E-state index is 0.173. The molecule has 1 amide bonds. The lowest BCUT2D eigenvalue weighted by atomic mass is 9.87. The zero-order chi connectivity index (χ0) is 14.8. The molecule has 0 aliphatic heterocycles. The van der Waals surface area contributed by atoms with E-state index in [1.54, 1.807) is 0 Å². The molecule has 0 radical (unpaired) electrons. The Labute approximate surface area is 110 Å². The van der Waals surface area contributed by atoms with E-state index in [0.717, 1.165) is 12.1 Å². The summed E-state index contributed by atoms with van der Waals surface area (Å²) in [5.41, 5.74) is 5.06. The van der Waals surface area contributed by atoms with Crippen molar-refractivity contribution in [2.75, 3.05) is 5.32 Å². The van der Waals surface area contributed by atoms with E-state index < -0.39 is 34.7 Å². The van der Waals surface area contributed by atoms with Crippen molar-refractivity contribution in [1.82, 2.24) is 0 Å². The number of rotatable bonds is 3. The summed E-state index contributed by atoms with van der Waals surface area (Å²) >= 11 is 0. The van der Waals surface area contributed by atoms with Gasteiger partial charge in [-0.15, -0.1) is 0 Å². The highest BCUT2D eigenvalue weighted by atomic mass is 19.1.